The molecule has 4 nitrogen and oxygen atoms in total. The summed E-state index contributed by atoms with van der Waals surface area (Å²) in [4.78, 5) is 12.8. The van der Waals surface area contributed by atoms with Crippen molar-refractivity contribution in [3.63, 3.8) is 0 Å². The van der Waals surface area contributed by atoms with E-state index in [0.29, 0.717) is 25.9 Å². The summed E-state index contributed by atoms with van der Waals surface area (Å²) in [5, 5.41) is 8.50. The molecule has 1 aliphatic rings. The van der Waals surface area contributed by atoms with Gasteiger partial charge in [0.2, 0.25) is 0 Å². The number of methoxy groups -OCH3 is 1. The molecular weight excluding hydrogens is 249 g/mol. The fourth-order valence-electron chi connectivity index (χ4n) is 1.99. The van der Waals surface area contributed by atoms with E-state index in [0.717, 1.165) is 0 Å². The van der Waals surface area contributed by atoms with Crippen LogP contribution in [0.5, 0.6) is 0 Å². The molecule has 1 rings (SSSR count). The molecule has 18 heavy (non-hydrogen) atoms. The minimum atomic E-state index is -4.49. The average Bonchev–Trinajstić information content (AvgIpc) is 2.34. The van der Waals surface area contributed by atoms with E-state index in [1.54, 1.807) is 4.90 Å². The second-order valence-corrected chi connectivity index (χ2v) is 4.32. The molecule has 1 aliphatic heterocycles. The smallest absolute Gasteiger partial charge is 0.405 e. The highest BCUT2D eigenvalue weighted by Gasteiger charge is 2.41. The maximum atomic E-state index is 12.4. The molecule has 0 aromatic heterocycles. The first-order chi connectivity index (χ1) is 8.38. The highest BCUT2D eigenvalue weighted by molar-refractivity contribution is 5.72. The van der Waals surface area contributed by atoms with Gasteiger partial charge in [0.05, 0.1) is 19.1 Å². The lowest BCUT2D eigenvalue weighted by Crippen LogP contribution is -2.42. The predicted molar refractivity (Wildman–Crippen MR) is 56.3 cm³/mol. The number of halogens is 3. The van der Waals surface area contributed by atoms with E-state index in [9.17, 15) is 18.0 Å². The number of esters is 1. The largest absolute Gasteiger partial charge is 0.469 e. The van der Waals surface area contributed by atoms with Crippen LogP contribution in [0.2, 0.25) is 0 Å². The van der Waals surface area contributed by atoms with Crippen LogP contribution in [0.25, 0.3) is 0 Å². The summed E-state index contributed by atoms with van der Waals surface area (Å²) in [5.74, 6) is -2.52. The van der Waals surface area contributed by atoms with E-state index in [2.05, 4.69) is 4.74 Å². The fourth-order valence-corrected chi connectivity index (χ4v) is 1.99. The number of piperidine rings is 1. The third-order valence-electron chi connectivity index (χ3n) is 3.11. The quantitative estimate of drug-likeness (QED) is 0.726. The van der Waals surface area contributed by atoms with Crippen LogP contribution in [0.1, 0.15) is 12.8 Å². The molecule has 102 valence electrons. The van der Waals surface area contributed by atoms with E-state index in [1.807, 2.05) is 0 Å². The summed E-state index contributed by atoms with van der Waals surface area (Å²) in [6.45, 7) is 0.440. The van der Waals surface area contributed by atoms with Gasteiger partial charge in [-0.15, -0.1) is 0 Å². The second kappa shape index (κ2) is 6.05. The molecule has 1 heterocycles. The summed E-state index contributed by atoms with van der Waals surface area (Å²) in [6, 6.07) is 1.28. The first-order valence-electron chi connectivity index (χ1n) is 5.65. The van der Waals surface area contributed by atoms with Gasteiger partial charge in [-0.25, -0.2) is 0 Å². The van der Waals surface area contributed by atoms with Crippen LogP contribution < -0.4 is 0 Å². The van der Waals surface area contributed by atoms with E-state index < -0.39 is 12.1 Å². The summed E-state index contributed by atoms with van der Waals surface area (Å²) >= 11 is 0. The molecule has 0 spiro atoms. The van der Waals surface area contributed by atoms with Gasteiger partial charge in [0.15, 0.2) is 5.92 Å². The van der Waals surface area contributed by atoms with Crippen molar-refractivity contribution in [3.05, 3.63) is 0 Å². The number of hydrogen-bond acceptors (Lipinski definition) is 4. The van der Waals surface area contributed by atoms with Crippen LogP contribution in [-0.4, -0.2) is 43.8 Å². The van der Waals surface area contributed by atoms with Crippen molar-refractivity contribution < 1.29 is 22.7 Å². The van der Waals surface area contributed by atoms with Gasteiger partial charge in [-0.05, 0) is 25.9 Å². The Hall–Kier alpha value is -1.29. The highest BCUT2D eigenvalue weighted by Crippen LogP contribution is 2.28. The Morgan fingerprint density at radius 1 is 1.50 bits per heavy atom. The number of carbonyl (C=O) groups excluding carboxylic acids is 1. The molecule has 1 fully saturated rings. The first kappa shape index (κ1) is 14.8. The molecule has 0 aromatic carbocycles. The van der Waals surface area contributed by atoms with E-state index in [4.69, 9.17) is 5.26 Å². The van der Waals surface area contributed by atoms with Gasteiger partial charge in [0.1, 0.15) is 0 Å². The summed E-state index contributed by atoms with van der Waals surface area (Å²) < 4.78 is 41.8. The summed E-state index contributed by atoms with van der Waals surface area (Å²) in [5.41, 5.74) is 0. The molecule has 1 unspecified atom stereocenters. The van der Waals surface area contributed by atoms with Crippen LogP contribution in [0.3, 0.4) is 0 Å². The molecule has 0 N–H and O–H groups in total. The standard InChI is InChI=1S/C11H15F3N2O2/c1-18-10(17)8-2-4-16(5-3-8)7-9(6-15)11(12,13)14/h8-9H,2-5,7H2,1H3. The van der Waals surface area contributed by atoms with Gasteiger partial charge in [0, 0.05) is 6.54 Å². The van der Waals surface area contributed by atoms with Gasteiger partial charge < -0.3 is 9.64 Å². The van der Waals surface area contributed by atoms with Crippen molar-refractivity contribution in [2.45, 2.75) is 19.0 Å². The minimum Gasteiger partial charge on any atom is -0.469 e. The monoisotopic (exact) mass is 264 g/mol. The molecule has 0 bridgehead atoms. The Morgan fingerprint density at radius 2 is 2.06 bits per heavy atom. The molecule has 0 aromatic rings. The van der Waals surface area contributed by atoms with Crippen molar-refractivity contribution in [3.8, 4) is 6.07 Å². The zero-order valence-corrected chi connectivity index (χ0v) is 10.0. The van der Waals surface area contributed by atoms with Crippen LogP contribution >= 0.6 is 0 Å². The van der Waals surface area contributed by atoms with Crippen molar-refractivity contribution in [1.82, 2.24) is 4.90 Å². The SMILES string of the molecule is COC(=O)C1CCN(CC(C#N)C(F)(F)F)CC1. The van der Waals surface area contributed by atoms with E-state index in [1.165, 1.54) is 13.2 Å². The Labute approximate surface area is 103 Å². The number of nitriles is 1. The first-order valence-corrected chi connectivity index (χ1v) is 5.65. The third-order valence-corrected chi connectivity index (χ3v) is 3.11. The second-order valence-electron chi connectivity index (χ2n) is 4.32. The van der Waals surface area contributed by atoms with Gasteiger partial charge >= 0.3 is 12.1 Å². The normalized spacial score (nSPS) is 20.2. The predicted octanol–water partition coefficient (Wildman–Crippen LogP) is 1.57. The topological polar surface area (TPSA) is 53.3 Å². The van der Waals surface area contributed by atoms with Gasteiger partial charge in [0.25, 0.3) is 0 Å². The maximum Gasteiger partial charge on any atom is 0.405 e. The lowest BCUT2D eigenvalue weighted by atomic mass is 9.96. The fraction of sp³-hybridized carbons (Fsp3) is 0.818. The number of hydrogen-bond donors (Lipinski definition) is 0. The molecule has 0 radical (unpaired) electrons. The highest BCUT2D eigenvalue weighted by atomic mass is 19.4. The number of ether oxygens (including phenoxy) is 1. The number of likely N-dealkylation sites (tertiary alicyclic amines) is 1. The average molecular weight is 264 g/mol. The van der Waals surface area contributed by atoms with Crippen molar-refractivity contribution >= 4 is 5.97 Å². The molecule has 1 atom stereocenters. The van der Waals surface area contributed by atoms with Crippen LogP contribution in [0.4, 0.5) is 13.2 Å². The molecule has 7 heteroatoms. The van der Waals surface area contributed by atoms with E-state index in [-0.39, 0.29) is 18.4 Å². The van der Waals surface area contributed by atoms with Crippen LogP contribution in [0.15, 0.2) is 0 Å². The van der Waals surface area contributed by atoms with Crippen LogP contribution in [-0.2, 0) is 9.53 Å². The van der Waals surface area contributed by atoms with Gasteiger partial charge in [-0.3, -0.25) is 4.79 Å². The molecular formula is C11H15F3N2O2. The summed E-state index contributed by atoms with van der Waals surface area (Å²) in [7, 11) is 1.30. The summed E-state index contributed by atoms with van der Waals surface area (Å²) in [6.07, 6.45) is -3.54. The van der Waals surface area contributed by atoms with Crippen LogP contribution in [0, 0.1) is 23.2 Å². The lowest BCUT2D eigenvalue weighted by Gasteiger charge is -2.32. The molecule has 0 saturated carbocycles. The van der Waals surface area contributed by atoms with Gasteiger partial charge in [-0.1, -0.05) is 0 Å². The number of nitrogens with zero attached hydrogens (tertiary/aromatic N) is 2. The van der Waals surface area contributed by atoms with Crippen molar-refractivity contribution in [1.29, 1.82) is 5.26 Å². The molecule has 0 aliphatic carbocycles. The Balaban J connectivity index is 2.45. The third kappa shape index (κ3) is 3.88. The van der Waals surface area contributed by atoms with Crippen molar-refractivity contribution in [2.24, 2.45) is 11.8 Å². The maximum absolute atomic E-state index is 12.4. The Bertz CT molecular complexity index is 330. The Kier molecular flexibility index (Phi) is 4.96. The zero-order chi connectivity index (χ0) is 13.8. The van der Waals surface area contributed by atoms with Crippen molar-refractivity contribution in [2.75, 3.05) is 26.7 Å². The number of rotatable bonds is 3. The number of carbonyl (C=O) groups is 1. The minimum absolute atomic E-state index is 0.238. The zero-order valence-electron chi connectivity index (χ0n) is 10.0. The Morgan fingerprint density at radius 3 is 2.44 bits per heavy atom. The molecule has 0 amide bonds. The number of alkyl halides is 3. The lowest BCUT2D eigenvalue weighted by molar-refractivity contribution is -0.165. The molecule has 1 saturated heterocycles. The van der Waals surface area contributed by atoms with Gasteiger partial charge in [-0.2, -0.15) is 18.4 Å². The van der Waals surface area contributed by atoms with E-state index >= 15 is 0 Å².